The van der Waals surface area contributed by atoms with Gasteiger partial charge < -0.3 is 10.1 Å². The Morgan fingerprint density at radius 2 is 1.82 bits per heavy atom. The van der Waals surface area contributed by atoms with E-state index in [1.165, 1.54) is 12.1 Å². The average molecular weight is 679 g/mol. The summed E-state index contributed by atoms with van der Waals surface area (Å²) in [5.74, 6) is 0.181. The quantitative estimate of drug-likeness (QED) is 0.101. The van der Waals surface area contributed by atoms with E-state index in [9.17, 15) is 20.2 Å². The van der Waals surface area contributed by atoms with Gasteiger partial charge in [0.1, 0.15) is 24.0 Å². The summed E-state index contributed by atoms with van der Waals surface area (Å²) >= 11 is 4.25. The lowest BCUT2D eigenvalue weighted by Gasteiger charge is -2.14. The molecule has 1 atom stereocenters. The lowest BCUT2D eigenvalue weighted by molar-refractivity contribution is -0.384. The van der Waals surface area contributed by atoms with E-state index in [-0.39, 0.29) is 23.9 Å². The standard InChI is InChI=1S/C25H19I2N3O4/c1-16(19-7-3-2-4-8-19)29-25(31)20(14-28)10-18-12-22(26)24(23(27)13-18)34-15-17-6-5-9-21(11-17)30(32)33/h2-13,16H,15H2,1H3,(H,29,31)/b20-10-/t16-/m1/s1. The molecule has 0 fully saturated rings. The first-order valence-corrected chi connectivity index (χ1v) is 12.3. The van der Waals surface area contributed by atoms with Gasteiger partial charge in [0.15, 0.2) is 0 Å². The Labute approximate surface area is 224 Å². The number of nitrogens with zero attached hydrogens (tertiary/aromatic N) is 2. The summed E-state index contributed by atoms with van der Waals surface area (Å²) in [5, 5.41) is 23.4. The van der Waals surface area contributed by atoms with Crippen LogP contribution in [0.1, 0.15) is 29.7 Å². The van der Waals surface area contributed by atoms with Crippen LogP contribution in [0, 0.1) is 28.6 Å². The number of hydrogen-bond acceptors (Lipinski definition) is 5. The zero-order valence-electron chi connectivity index (χ0n) is 18.0. The van der Waals surface area contributed by atoms with Crippen molar-refractivity contribution in [3.05, 3.63) is 106 Å². The van der Waals surface area contributed by atoms with E-state index in [2.05, 4.69) is 50.5 Å². The summed E-state index contributed by atoms with van der Waals surface area (Å²) in [4.78, 5) is 23.2. The minimum atomic E-state index is -0.449. The van der Waals surface area contributed by atoms with Crippen molar-refractivity contribution in [2.24, 2.45) is 0 Å². The van der Waals surface area contributed by atoms with Gasteiger partial charge in [-0.3, -0.25) is 14.9 Å². The number of amides is 1. The summed E-state index contributed by atoms with van der Waals surface area (Å²) in [6, 6.07) is 21.2. The molecule has 34 heavy (non-hydrogen) atoms. The summed E-state index contributed by atoms with van der Waals surface area (Å²) < 4.78 is 7.50. The summed E-state index contributed by atoms with van der Waals surface area (Å²) in [5.41, 5.74) is 2.33. The van der Waals surface area contributed by atoms with E-state index < -0.39 is 10.8 Å². The zero-order valence-corrected chi connectivity index (χ0v) is 22.3. The molecule has 7 nitrogen and oxygen atoms in total. The molecule has 1 amide bonds. The fourth-order valence-electron chi connectivity index (χ4n) is 3.13. The fourth-order valence-corrected chi connectivity index (χ4v) is 5.26. The highest BCUT2D eigenvalue weighted by atomic mass is 127. The minimum absolute atomic E-state index is 0.000329. The first-order chi connectivity index (χ1) is 16.3. The van der Waals surface area contributed by atoms with E-state index in [1.807, 2.05) is 55.5 Å². The molecule has 0 aliphatic heterocycles. The lowest BCUT2D eigenvalue weighted by atomic mass is 10.1. The smallest absolute Gasteiger partial charge is 0.269 e. The topological polar surface area (TPSA) is 105 Å². The lowest BCUT2D eigenvalue weighted by Crippen LogP contribution is -2.27. The van der Waals surface area contributed by atoms with Gasteiger partial charge in [0, 0.05) is 12.1 Å². The molecule has 0 saturated heterocycles. The summed E-state index contributed by atoms with van der Waals surface area (Å²) in [6.45, 7) is 2.04. The SMILES string of the molecule is C[C@@H](NC(=O)/C(C#N)=C\c1cc(I)c(OCc2cccc([N+](=O)[O-])c2)c(I)c1)c1ccccc1. The van der Waals surface area contributed by atoms with Crippen molar-refractivity contribution in [2.75, 3.05) is 0 Å². The molecule has 172 valence electrons. The average Bonchev–Trinajstić information content (AvgIpc) is 2.82. The van der Waals surface area contributed by atoms with Crippen LogP contribution in [0.5, 0.6) is 5.75 Å². The number of nitro benzene ring substituents is 1. The van der Waals surface area contributed by atoms with Crippen molar-refractivity contribution in [1.29, 1.82) is 5.26 Å². The third kappa shape index (κ3) is 6.77. The van der Waals surface area contributed by atoms with Gasteiger partial charge in [-0.05, 0) is 87.0 Å². The Morgan fingerprint density at radius 1 is 1.15 bits per heavy atom. The van der Waals surface area contributed by atoms with E-state index in [4.69, 9.17) is 4.74 Å². The number of halogens is 2. The Kier molecular flexibility index (Phi) is 9.00. The number of carbonyl (C=O) groups is 1. The fraction of sp³-hybridized carbons (Fsp3) is 0.120. The maximum Gasteiger partial charge on any atom is 0.269 e. The normalized spacial score (nSPS) is 11.9. The Hall–Kier alpha value is -2.98. The minimum Gasteiger partial charge on any atom is -0.487 e. The molecule has 0 aliphatic rings. The van der Waals surface area contributed by atoms with Crippen LogP contribution >= 0.6 is 45.2 Å². The van der Waals surface area contributed by atoms with Crippen LogP contribution in [-0.4, -0.2) is 10.8 Å². The maximum absolute atomic E-state index is 12.7. The Balaban J connectivity index is 1.74. The molecule has 0 heterocycles. The maximum atomic E-state index is 12.7. The van der Waals surface area contributed by atoms with Crippen LogP contribution in [0.15, 0.2) is 72.3 Å². The first-order valence-electron chi connectivity index (χ1n) is 10.1. The van der Waals surface area contributed by atoms with Gasteiger partial charge in [0.05, 0.1) is 18.1 Å². The van der Waals surface area contributed by atoms with E-state index in [0.29, 0.717) is 16.9 Å². The van der Waals surface area contributed by atoms with Crippen LogP contribution in [0.25, 0.3) is 6.08 Å². The summed E-state index contributed by atoms with van der Waals surface area (Å²) in [6.07, 6.45) is 1.54. The number of rotatable bonds is 8. The highest BCUT2D eigenvalue weighted by molar-refractivity contribution is 14.1. The van der Waals surface area contributed by atoms with Crippen molar-refractivity contribution >= 4 is 62.9 Å². The van der Waals surface area contributed by atoms with Crippen LogP contribution in [0.2, 0.25) is 0 Å². The van der Waals surface area contributed by atoms with Gasteiger partial charge in [-0.15, -0.1) is 0 Å². The predicted molar refractivity (Wildman–Crippen MR) is 146 cm³/mol. The van der Waals surface area contributed by atoms with Crippen LogP contribution in [0.4, 0.5) is 5.69 Å². The first kappa shape index (κ1) is 25.6. The number of hydrogen-bond donors (Lipinski definition) is 1. The number of carbonyl (C=O) groups excluding carboxylic acids is 1. The largest absolute Gasteiger partial charge is 0.487 e. The van der Waals surface area contributed by atoms with Crippen molar-refractivity contribution in [3.63, 3.8) is 0 Å². The van der Waals surface area contributed by atoms with Crippen LogP contribution in [0.3, 0.4) is 0 Å². The molecular weight excluding hydrogens is 660 g/mol. The second kappa shape index (κ2) is 11.9. The predicted octanol–water partition coefficient (Wildman–Crippen LogP) is 6.17. The van der Waals surface area contributed by atoms with E-state index in [1.54, 1.807) is 18.2 Å². The molecular formula is C25H19I2N3O4. The van der Waals surface area contributed by atoms with Gasteiger partial charge in [-0.1, -0.05) is 42.5 Å². The molecule has 0 radical (unpaired) electrons. The molecule has 1 N–H and O–H groups in total. The third-order valence-electron chi connectivity index (χ3n) is 4.85. The molecule has 0 spiro atoms. The van der Waals surface area contributed by atoms with Crippen LogP contribution in [-0.2, 0) is 11.4 Å². The molecule has 3 rings (SSSR count). The molecule has 0 bridgehead atoms. The van der Waals surface area contributed by atoms with Crippen molar-refractivity contribution in [1.82, 2.24) is 5.32 Å². The Morgan fingerprint density at radius 3 is 2.44 bits per heavy atom. The second-order valence-corrected chi connectivity index (χ2v) is 9.63. The Bertz CT molecular complexity index is 1260. The number of nitro groups is 1. The van der Waals surface area contributed by atoms with Gasteiger partial charge in [-0.2, -0.15) is 5.26 Å². The van der Waals surface area contributed by atoms with Gasteiger partial charge in [0.25, 0.3) is 11.6 Å². The molecule has 0 aliphatic carbocycles. The van der Waals surface area contributed by atoms with E-state index in [0.717, 1.165) is 12.7 Å². The zero-order chi connectivity index (χ0) is 24.7. The number of benzene rings is 3. The molecule has 0 unspecified atom stereocenters. The van der Waals surface area contributed by atoms with Crippen molar-refractivity contribution in [3.8, 4) is 11.8 Å². The van der Waals surface area contributed by atoms with E-state index >= 15 is 0 Å². The number of nitriles is 1. The van der Waals surface area contributed by atoms with Gasteiger partial charge in [0.2, 0.25) is 0 Å². The molecule has 0 aromatic heterocycles. The summed E-state index contributed by atoms with van der Waals surface area (Å²) in [7, 11) is 0. The third-order valence-corrected chi connectivity index (χ3v) is 6.45. The molecule has 0 saturated carbocycles. The van der Waals surface area contributed by atoms with Gasteiger partial charge in [-0.25, -0.2) is 0 Å². The highest BCUT2D eigenvalue weighted by Crippen LogP contribution is 2.31. The molecule has 3 aromatic rings. The number of non-ortho nitro benzene ring substituents is 1. The van der Waals surface area contributed by atoms with Crippen molar-refractivity contribution in [2.45, 2.75) is 19.6 Å². The molecule has 3 aromatic carbocycles. The van der Waals surface area contributed by atoms with Crippen LogP contribution < -0.4 is 10.1 Å². The highest BCUT2D eigenvalue weighted by Gasteiger charge is 2.15. The van der Waals surface area contributed by atoms with Crippen molar-refractivity contribution < 1.29 is 14.5 Å². The number of ether oxygens (including phenoxy) is 1. The van der Waals surface area contributed by atoms with Gasteiger partial charge >= 0.3 is 0 Å². The molecule has 9 heteroatoms. The monoisotopic (exact) mass is 679 g/mol. The number of nitrogens with one attached hydrogen (secondary N) is 1. The second-order valence-electron chi connectivity index (χ2n) is 7.31.